The number of hydrogen-bond donors (Lipinski definition) is 0. The molecular weight excluding hydrogens is 381 g/mol. The van der Waals surface area contributed by atoms with Crippen LogP contribution in [0.4, 0.5) is 5.69 Å². The van der Waals surface area contributed by atoms with E-state index in [1.165, 1.54) is 12.1 Å². The second-order valence-electron chi connectivity index (χ2n) is 4.17. The summed E-state index contributed by atoms with van der Waals surface area (Å²) in [6.45, 7) is 0.253. The summed E-state index contributed by atoms with van der Waals surface area (Å²) in [5.74, 6) is 0.846. The van der Waals surface area contributed by atoms with Crippen molar-refractivity contribution in [2.75, 3.05) is 0 Å². The van der Waals surface area contributed by atoms with Crippen LogP contribution in [0.3, 0.4) is 0 Å². The van der Waals surface area contributed by atoms with Crippen LogP contribution in [0.2, 0.25) is 5.02 Å². The van der Waals surface area contributed by atoms with Crippen molar-refractivity contribution >= 4 is 44.8 Å². The molecule has 0 aliphatic rings. The Hall–Kier alpha value is -1.30. The van der Waals surface area contributed by atoms with E-state index in [4.69, 9.17) is 27.9 Å². The Morgan fingerprint density at radius 2 is 2.05 bits per heavy atom. The molecule has 0 amide bonds. The molecule has 7 heteroatoms. The van der Waals surface area contributed by atoms with E-state index in [-0.39, 0.29) is 18.2 Å². The molecule has 0 saturated carbocycles. The van der Waals surface area contributed by atoms with Crippen LogP contribution in [-0.2, 0) is 12.5 Å². The molecule has 0 heterocycles. The first-order chi connectivity index (χ1) is 10.0. The molecule has 0 atom stereocenters. The number of hydrogen-bond acceptors (Lipinski definition) is 3. The largest absolute Gasteiger partial charge is 0.488 e. The normalized spacial score (nSPS) is 10.4. The third-order valence-corrected chi connectivity index (χ3v) is 4.20. The van der Waals surface area contributed by atoms with E-state index >= 15 is 0 Å². The number of ether oxygens (including phenoxy) is 1. The molecule has 0 fully saturated rings. The number of halogens is 3. The molecular formula is C14H10BrCl2NO3. The van der Waals surface area contributed by atoms with Gasteiger partial charge in [-0.1, -0.05) is 33.6 Å². The first-order valence-corrected chi connectivity index (χ1v) is 7.62. The smallest absolute Gasteiger partial charge is 0.270 e. The quantitative estimate of drug-likeness (QED) is 0.394. The molecule has 0 aliphatic heterocycles. The van der Waals surface area contributed by atoms with Gasteiger partial charge >= 0.3 is 0 Å². The van der Waals surface area contributed by atoms with Crippen LogP contribution in [0.15, 0.2) is 40.9 Å². The van der Waals surface area contributed by atoms with E-state index in [0.29, 0.717) is 15.2 Å². The Morgan fingerprint density at radius 3 is 2.67 bits per heavy atom. The molecule has 2 rings (SSSR count). The average molecular weight is 391 g/mol. The van der Waals surface area contributed by atoms with E-state index < -0.39 is 4.92 Å². The molecule has 0 aromatic heterocycles. The van der Waals surface area contributed by atoms with Gasteiger partial charge in [0.05, 0.1) is 10.8 Å². The lowest BCUT2D eigenvalue weighted by Crippen LogP contribution is -2.00. The van der Waals surface area contributed by atoms with Gasteiger partial charge in [0.1, 0.15) is 12.4 Å². The number of nitro groups is 1. The predicted octanol–water partition coefficient (Wildman–Crippen LogP) is 5.33. The minimum absolute atomic E-state index is 0.0230. The van der Waals surface area contributed by atoms with Crippen molar-refractivity contribution in [3.63, 3.8) is 0 Å². The lowest BCUT2D eigenvalue weighted by Gasteiger charge is -2.12. The monoisotopic (exact) mass is 389 g/mol. The fourth-order valence-corrected chi connectivity index (χ4v) is 2.78. The molecule has 0 radical (unpaired) electrons. The molecule has 2 aromatic rings. The van der Waals surface area contributed by atoms with Crippen LogP contribution in [0, 0.1) is 10.1 Å². The SMILES string of the molecule is O=[N+]([O-])c1ccc(COc2cccc(Cl)c2CCl)c(Br)c1. The van der Waals surface area contributed by atoms with Crippen LogP contribution in [0.5, 0.6) is 5.75 Å². The number of benzene rings is 2. The van der Waals surface area contributed by atoms with E-state index in [2.05, 4.69) is 15.9 Å². The zero-order valence-corrected chi connectivity index (χ0v) is 13.8. The lowest BCUT2D eigenvalue weighted by molar-refractivity contribution is -0.384. The molecule has 110 valence electrons. The van der Waals surface area contributed by atoms with Gasteiger partial charge in [-0.3, -0.25) is 10.1 Å². The highest BCUT2D eigenvalue weighted by Gasteiger charge is 2.11. The van der Waals surface area contributed by atoms with Gasteiger partial charge in [-0.15, -0.1) is 11.6 Å². The van der Waals surface area contributed by atoms with Crippen LogP contribution in [0.1, 0.15) is 11.1 Å². The Kier molecular flexibility index (Phi) is 5.45. The summed E-state index contributed by atoms with van der Waals surface area (Å²) in [7, 11) is 0. The molecule has 0 aliphatic carbocycles. The molecule has 0 spiro atoms. The van der Waals surface area contributed by atoms with Crippen LogP contribution in [-0.4, -0.2) is 4.92 Å². The Bertz CT molecular complexity index is 679. The molecule has 2 aromatic carbocycles. The summed E-state index contributed by atoms with van der Waals surface area (Å²) >= 11 is 15.2. The summed E-state index contributed by atoms with van der Waals surface area (Å²) in [6, 6.07) is 9.82. The van der Waals surface area contributed by atoms with Crippen molar-refractivity contribution in [3.8, 4) is 5.75 Å². The summed E-state index contributed by atoms with van der Waals surface area (Å²) < 4.78 is 6.32. The Labute approximate surface area is 139 Å². The van der Waals surface area contributed by atoms with Crippen LogP contribution < -0.4 is 4.74 Å². The van der Waals surface area contributed by atoms with Gasteiger partial charge in [0.25, 0.3) is 5.69 Å². The maximum atomic E-state index is 10.7. The maximum Gasteiger partial charge on any atom is 0.270 e. The Balaban J connectivity index is 2.17. The topological polar surface area (TPSA) is 52.4 Å². The summed E-state index contributed by atoms with van der Waals surface area (Å²) in [4.78, 5) is 10.2. The van der Waals surface area contributed by atoms with Crippen molar-refractivity contribution in [1.82, 2.24) is 0 Å². The van der Waals surface area contributed by atoms with E-state index in [1.807, 2.05) is 0 Å². The summed E-state index contributed by atoms with van der Waals surface area (Å²) in [5, 5.41) is 11.2. The second-order valence-corrected chi connectivity index (χ2v) is 5.70. The van der Waals surface area contributed by atoms with Crippen molar-refractivity contribution in [2.24, 2.45) is 0 Å². The number of non-ortho nitro benzene ring substituents is 1. The highest BCUT2D eigenvalue weighted by molar-refractivity contribution is 9.10. The van der Waals surface area contributed by atoms with Crippen molar-refractivity contribution in [1.29, 1.82) is 0 Å². The highest BCUT2D eigenvalue weighted by Crippen LogP contribution is 2.30. The lowest BCUT2D eigenvalue weighted by atomic mass is 10.2. The first kappa shape index (κ1) is 16.1. The second kappa shape index (κ2) is 7.11. The number of nitrogens with zero attached hydrogens (tertiary/aromatic N) is 1. The van der Waals surface area contributed by atoms with Gasteiger partial charge in [-0.25, -0.2) is 0 Å². The standard InChI is InChI=1S/C14H10BrCl2NO3/c15-12-6-10(18(19)20)5-4-9(12)8-21-14-3-1-2-13(17)11(14)7-16/h1-6H,7-8H2. The zero-order chi connectivity index (χ0) is 15.4. The van der Waals surface area contributed by atoms with Crippen molar-refractivity contribution < 1.29 is 9.66 Å². The van der Waals surface area contributed by atoms with Gasteiger partial charge in [-0.05, 0) is 18.2 Å². The predicted molar refractivity (Wildman–Crippen MR) is 86.1 cm³/mol. The van der Waals surface area contributed by atoms with E-state index in [9.17, 15) is 10.1 Å². The molecule has 21 heavy (non-hydrogen) atoms. The van der Waals surface area contributed by atoms with Crippen molar-refractivity contribution in [3.05, 3.63) is 67.1 Å². The third kappa shape index (κ3) is 3.87. The van der Waals surface area contributed by atoms with E-state index in [0.717, 1.165) is 11.1 Å². The molecule has 0 bridgehead atoms. The molecule has 0 N–H and O–H groups in total. The minimum atomic E-state index is -0.446. The van der Waals surface area contributed by atoms with Gasteiger partial charge in [0, 0.05) is 32.8 Å². The van der Waals surface area contributed by atoms with E-state index in [1.54, 1.807) is 24.3 Å². The Morgan fingerprint density at radius 1 is 1.29 bits per heavy atom. The molecule has 4 nitrogen and oxygen atoms in total. The third-order valence-electron chi connectivity index (χ3n) is 2.84. The first-order valence-electron chi connectivity index (χ1n) is 5.92. The fourth-order valence-electron chi connectivity index (χ4n) is 1.73. The fraction of sp³-hybridized carbons (Fsp3) is 0.143. The molecule has 0 unspecified atom stereocenters. The minimum Gasteiger partial charge on any atom is -0.488 e. The summed E-state index contributed by atoms with van der Waals surface area (Å²) in [6.07, 6.45) is 0. The van der Waals surface area contributed by atoms with Crippen LogP contribution in [0.25, 0.3) is 0 Å². The number of nitro benzene ring substituents is 1. The average Bonchev–Trinajstić information content (AvgIpc) is 2.45. The van der Waals surface area contributed by atoms with Gasteiger partial charge in [0.2, 0.25) is 0 Å². The number of rotatable bonds is 5. The maximum absolute atomic E-state index is 10.7. The summed E-state index contributed by atoms with van der Waals surface area (Å²) in [5.41, 5.74) is 1.54. The number of alkyl halides is 1. The zero-order valence-electron chi connectivity index (χ0n) is 10.7. The van der Waals surface area contributed by atoms with Gasteiger partial charge in [-0.2, -0.15) is 0 Å². The highest BCUT2D eigenvalue weighted by atomic mass is 79.9. The van der Waals surface area contributed by atoms with Gasteiger partial charge in [0.15, 0.2) is 0 Å². The van der Waals surface area contributed by atoms with Crippen molar-refractivity contribution in [2.45, 2.75) is 12.5 Å². The molecule has 0 saturated heterocycles. The van der Waals surface area contributed by atoms with Gasteiger partial charge < -0.3 is 4.74 Å². The van der Waals surface area contributed by atoms with Crippen LogP contribution >= 0.6 is 39.1 Å².